The molecule has 3 nitrogen and oxygen atoms in total. The highest BCUT2D eigenvalue weighted by Gasteiger charge is 2.24. The first-order valence-electron chi connectivity index (χ1n) is 8.45. The van der Waals surface area contributed by atoms with Crippen LogP contribution in [-0.2, 0) is 13.0 Å². The van der Waals surface area contributed by atoms with E-state index in [4.69, 9.17) is 9.47 Å². The number of hydrogen-bond donors (Lipinski definition) is 1. The zero-order chi connectivity index (χ0) is 18.0. The molecule has 0 unspecified atom stereocenters. The first-order valence-corrected chi connectivity index (χ1v) is 9.24. The van der Waals surface area contributed by atoms with Gasteiger partial charge < -0.3 is 14.8 Å². The molecule has 0 aliphatic carbocycles. The van der Waals surface area contributed by atoms with Gasteiger partial charge in [0.25, 0.3) is 0 Å². The van der Waals surface area contributed by atoms with Crippen LogP contribution in [0, 0.1) is 6.92 Å². The van der Waals surface area contributed by atoms with Crippen molar-refractivity contribution in [3.05, 3.63) is 63.6 Å². The molecule has 132 valence electrons. The van der Waals surface area contributed by atoms with Gasteiger partial charge in [0.05, 0.1) is 7.11 Å². The van der Waals surface area contributed by atoms with E-state index in [-0.39, 0.29) is 5.60 Å². The second-order valence-corrected chi connectivity index (χ2v) is 7.79. The van der Waals surface area contributed by atoms with Crippen molar-refractivity contribution in [1.29, 1.82) is 0 Å². The number of methoxy groups -OCH3 is 1. The van der Waals surface area contributed by atoms with Crippen LogP contribution < -0.4 is 14.8 Å². The number of allylic oxidation sites excluding steroid dienone is 1. The van der Waals surface area contributed by atoms with Crippen molar-refractivity contribution >= 4 is 21.6 Å². The van der Waals surface area contributed by atoms with Crippen LogP contribution in [0.25, 0.3) is 0 Å². The number of fused-ring (bicyclic) bond motifs is 1. The molecule has 0 radical (unpaired) electrons. The minimum Gasteiger partial charge on any atom is -0.492 e. The van der Waals surface area contributed by atoms with Gasteiger partial charge in [0, 0.05) is 27.8 Å². The van der Waals surface area contributed by atoms with Crippen LogP contribution in [0.2, 0.25) is 0 Å². The average Bonchev–Trinajstić information content (AvgIpc) is 2.72. The summed E-state index contributed by atoms with van der Waals surface area (Å²) in [7, 11) is 1.71. The van der Waals surface area contributed by atoms with Gasteiger partial charge in [-0.3, -0.25) is 0 Å². The number of ether oxygens (including phenoxy) is 2. The van der Waals surface area contributed by atoms with Crippen molar-refractivity contribution in [1.82, 2.24) is 0 Å². The molecular formula is C21H24BrNO2. The molecule has 0 bridgehead atoms. The monoisotopic (exact) mass is 401 g/mol. The lowest BCUT2D eigenvalue weighted by Gasteiger charge is -2.25. The van der Waals surface area contributed by atoms with Gasteiger partial charge in [-0.1, -0.05) is 40.2 Å². The van der Waals surface area contributed by atoms with Gasteiger partial charge in [0.1, 0.15) is 5.60 Å². The Kier molecular flexibility index (Phi) is 5.09. The molecule has 0 fully saturated rings. The van der Waals surface area contributed by atoms with Crippen LogP contribution in [0.15, 0.2) is 47.0 Å². The Hall–Kier alpha value is -1.94. The summed E-state index contributed by atoms with van der Waals surface area (Å²) >= 11 is 3.53. The fourth-order valence-electron chi connectivity index (χ4n) is 3.02. The molecule has 25 heavy (non-hydrogen) atoms. The van der Waals surface area contributed by atoms with Crippen molar-refractivity contribution in [3.8, 4) is 11.5 Å². The molecule has 1 heterocycles. The summed E-state index contributed by atoms with van der Waals surface area (Å²) in [6, 6.07) is 10.5. The van der Waals surface area contributed by atoms with Gasteiger partial charge in [-0.15, -0.1) is 0 Å². The summed E-state index contributed by atoms with van der Waals surface area (Å²) in [6.07, 6.45) is 5.12. The second kappa shape index (κ2) is 7.12. The topological polar surface area (TPSA) is 30.5 Å². The molecule has 0 saturated heterocycles. The number of benzene rings is 2. The number of hydrogen-bond acceptors (Lipinski definition) is 3. The summed E-state index contributed by atoms with van der Waals surface area (Å²) in [5, 5.41) is 3.51. The van der Waals surface area contributed by atoms with Gasteiger partial charge in [-0.05, 0) is 51.0 Å². The van der Waals surface area contributed by atoms with Crippen molar-refractivity contribution in [2.45, 2.75) is 39.3 Å². The van der Waals surface area contributed by atoms with E-state index in [0.29, 0.717) is 6.54 Å². The SMILES string of the molecule is COc1c(CNc2cc(Br)ccc2C)ccc2c1OC(C)(C)C=CC2. The Bertz CT molecular complexity index is 812. The Morgan fingerprint density at radius 3 is 2.80 bits per heavy atom. The van der Waals surface area contributed by atoms with E-state index in [1.54, 1.807) is 7.11 Å². The third-order valence-electron chi connectivity index (χ3n) is 4.37. The lowest BCUT2D eigenvalue weighted by molar-refractivity contribution is 0.155. The van der Waals surface area contributed by atoms with Gasteiger partial charge in [0.2, 0.25) is 0 Å². The molecule has 2 aromatic rings. The summed E-state index contributed by atoms with van der Waals surface area (Å²) < 4.78 is 13.0. The standard InChI is InChI=1S/C21H24BrNO2/c1-14-7-10-17(22)12-18(14)23-13-16-9-8-15-6-5-11-21(2,3)25-20(15)19(16)24-4/h5,7-12,23H,6,13H2,1-4H3. The van der Waals surface area contributed by atoms with Crippen molar-refractivity contribution in [2.75, 3.05) is 12.4 Å². The molecule has 3 rings (SSSR count). The number of halogens is 1. The number of anilines is 1. The van der Waals surface area contributed by atoms with Crippen molar-refractivity contribution < 1.29 is 9.47 Å². The van der Waals surface area contributed by atoms with Crippen LogP contribution in [0.1, 0.15) is 30.5 Å². The third kappa shape index (κ3) is 4.01. The van der Waals surface area contributed by atoms with E-state index in [1.807, 2.05) is 6.07 Å². The molecule has 1 aliphatic rings. The summed E-state index contributed by atoms with van der Waals surface area (Å²) in [4.78, 5) is 0. The predicted octanol–water partition coefficient (Wildman–Crippen LogP) is 5.65. The molecule has 2 aromatic carbocycles. The molecule has 0 saturated carbocycles. The zero-order valence-electron chi connectivity index (χ0n) is 15.2. The highest BCUT2D eigenvalue weighted by atomic mass is 79.9. The maximum Gasteiger partial charge on any atom is 0.166 e. The zero-order valence-corrected chi connectivity index (χ0v) is 16.7. The average molecular weight is 402 g/mol. The van der Waals surface area contributed by atoms with Crippen LogP contribution in [0.3, 0.4) is 0 Å². The highest BCUT2D eigenvalue weighted by Crippen LogP contribution is 2.39. The second-order valence-electron chi connectivity index (χ2n) is 6.87. The minimum absolute atomic E-state index is 0.342. The first-order chi connectivity index (χ1) is 11.9. The van der Waals surface area contributed by atoms with Crippen LogP contribution in [0.4, 0.5) is 5.69 Å². The molecule has 1 N–H and O–H groups in total. The van der Waals surface area contributed by atoms with Gasteiger partial charge >= 0.3 is 0 Å². The molecule has 0 atom stereocenters. The fraction of sp³-hybridized carbons (Fsp3) is 0.333. The van der Waals surface area contributed by atoms with Gasteiger partial charge in [-0.2, -0.15) is 0 Å². The molecule has 1 aliphatic heterocycles. The molecular weight excluding hydrogens is 378 g/mol. The maximum absolute atomic E-state index is 6.25. The van der Waals surface area contributed by atoms with Gasteiger partial charge in [-0.25, -0.2) is 0 Å². The molecule has 0 amide bonds. The maximum atomic E-state index is 6.25. The number of nitrogens with one attached hydrogen (secondary N) is 1. The number of aryl methyl sites for hydroxylation is 1. The van der Waals surface area contributed by atoms with Crippen molar-refractivity contribution in [2.24, 2.45) is 0 Å². The van der Waals surface area contributed by atoms with E-state index >= 15 is 0 Å². The lowest BCUT2D eigenvalue weighted by Crippen LogP contribution is -2.25. The Labute approximate surface area is 158 Å². The normalized spacial score (nSPS) is 15.1. The smallest absolute Gasteiger partial charge is 0.166 e. The molecule has 0 aromatic heterocycles. The Morgan fingerprint density at radius 1 is 1.24 bits per heavy atom. The lowest BCUT2D eigenvalue weighted by atomic mass is 10.1. The Balaban J connectivity index is 1.90. The van der Waals surface area contributed by atoms with E-state index in [0.717, 1.165) is 39.2 Å². The molecule has 4 heteroatoms. The van der Waals surface area contributed by atoms with Crippen molar-refractivity contribution in [3.63, 3.8) is 0 Å². The van der Waals surface area contributed by atoms with Gasteiger partial charge in [0.15, 0.2) is 11.5 Å². The summed E-state index contributed by atoms with van der Waals surface area (Å²) in [5.41, 5.74) is 4.21. The van der Waals surface area contributed by atoms with Crippen LogP contribution >= 0.6 is 15.9 Å². The van der Waals surface area contributed by atoms with E-state index < -0.39 is 0 Å². The quantitative estimate of drug-likeness (QED) is 0.671. The minimum atomic E-state index is -0.342. The predicted molar refractivity (Wildman–Crippen MR) is 107 cm³/mol. The van der Waals surface area contributed by atoms with Crippen LogP contribution in [0.5, 0.6) is 11.5 Å². The van der Waals surface area contributed by atoms with E-state index in [9.17, 15) is 0 Å². The van der Waals surface area contributed by atoms with E-state index in [1.165, 1.54) is 5.56 Å². The summed E-state index contributed by atoms with van der Waals surface area (Å²) in [6.45, 7) is 6.90. The largest absolute Gasteiger partial charge is 0.492 e. The number of rotatable bonds is 4. The highest BCUT2D eigenvalue weighted by molar-refractivity contribution is 9.10. The fourth-order valence-corrected chi connectivity index (χ4v) is 3.38. The third-order valence-corrected chi connectivity index (χ3v) is 4.86. The van der Waals surface area contributed by atoms with Crippen LogP contribution in [-0.4, -0.2) is 12.7 Å². The summed E-state index contributed by atoms with van der Waals surface area (Å²) in [5.74, 6) is 1.66. The Morgan fingerprint density at radius 2 is 2.04 bits per heavy atom. The molecule has 0 spiro atoms. The first kappa shape index (κ1) is 17.9. The van der Waals surface area contributed by atoms with E-state index in [2.05, 4.69) is 78.4 Å².